The molecular weight excluding hydrogens is 110 g/mol. The number of hydrogen-bond donors (Lipinski definition) is 0. The Labute approximate surface area is 65.1 Å². The molecule has 0 aromatic heterocycles. The highest BCUT2D eigenvalue weighted by molar-refractivity contribution is 4.83. The lowest BCUT2D eigenvalue weighted by molar-refractivity contribution is 0.0624. The van der Waals surface area contributed by atoms with Gasteiger partial charge in [0.2, 0.25) is 0 Å². The minimum absolute atomic E-state index is 0.0745. The second-order valence-electron chi connectivity index (χ2n) is 2.91. The first-order chi connectivity index (χ1) is 6.18. The maximum Gasteiger partial charge on any atom is 0.0428 e. The molecule has 0 spiro atoms. The molecule has 1 saturated heterocycles. The molecule has 1 aliphatic rings. The fourth-order valence-corrected chi connectivity index (χ4v) is 1.24. The van der Waals surface area contributed by atoms with Gasteiger partial charge in [-0.1, -0.05) is 20.7 Å². The lowest BCUT2D eigenvalue weighted by Crippen LogP contribution is -2.50. The second-order valence-corrected chi connectivity index (χ2v) is 2.91. The smallest absolute Gasteiger partial charge is 0.0428 e. The molecule has 1 fully saturated rings. The third kappa shape index (κ3) is 1.26. The van der Waals surface area contributed by atoms with E-state index in [1.165, 1.54) is 4.90 Å². The molecule has 0 amide bonds. The highest BCUT2D eigenvalue weighted by Crippen LogP contribution is 2.23. The molecule has 0 radical (unpaired) electrons. The van der Waals surface area contributed by atoms with Gasteiger partial charge in [-0.15, -0.1) is 0 Å². The normalized spacial score (nSPS) is 39.9. The van der Waals surface area contributed by atoms with Crippen molar-refractivity contribution in [2.45, 2.75) is 33.2 Å². The van der Waals surface area contributed by atoms with Crippen LogP contribution in [0, 0.1) is 5.92 Å². The Kier molecular flexibility index (Phi) is 0.873. The third-order valence-corrected chi connectivity index (χ3v) is 1.98. The molecule has 1 rings (SSSR count). The summed E-state index contributed by atoms with van der Waals surface area (Å²) in [6.45, 7) is -0.201. The van der Waals surface area contributed by atoms with E-state index in [1.807, 2.05) is 13.8 Å². The van der Waals surface area contributed by atoms with E-state index in [1.54, 1.807) is 0 Å². The zero-order valence-corrected chi connectivity index (χ0v) is 6.02. The Balaban J connectivity index is 2.74. The predicted octanol–water partition coefficient (Wildman–Crippen LogP) is 1.74. The molecule has 9 heavy (non-hydrogen) atoms. The highest BCUT2D eigenvalue weighted by Gasteiger charge is 2.28. The van der Waals surface area contributed by atoms with E-state index in [2.05, 4.69) is 0 Å². The Morgan fingerprint density at radius 3 is 3.00 bits per heavy atom. The van der Waals surface area contributed by atoms with Crippen LogP contribution in [0.25, 0.3) is 0 Å². The topological polar surface area (TPSA) is 3.24 Å². The van der Waals surface area contributed by atoms with Gasteiger partial charge in [-0.2, -0.15) is 0 Å². The van der Waals surface area contributed by atoms with E-state index in [-0.39, 0.29) is 6.04 Å². The van der Waals surface area contributed by atoms with Crippen LogP contribution in [0.4, 0.5) is 0 Å². The van der Waals surface area contributed by atoms with Crippen molar-refractivity contribution in [1.82, 2.24) is 4.90 Å². The average Bonchev–Trinajstić information content (AvgIpc) is 1.77. The van der Waals surface area contributed by atoms with Gasteiger partial charge in [0, 0.05) is 12.9 Å². The third-order valence-electron chi connectivity index (χ3n) is 1.98. The van der Waals surface area contributed by atoms with Crippen LogP contribution in [0.3, 0.4) is 0 Å². The van der Waals surface area contributed by atoms with E-state index in [4.69, 9.17) is 6.85 Å². The summed E-state index contributed by atoms with van der Waals surface area (Å²) in [7, 11) is 0. The summed E-state index contributed by atoms with van der Waals surface area (Å²) >= 11 is 0. The Bertz CT molecular complexity index is 210. The minimum atomic E-state index is -2.56. The van der Waals surface area contributed by atoms with Crippen LogP contribution in [-0.4, -0.2) is 24.0 Å². The summed E-state index contributed by atoms with van der Waals surface area (Å²) in [4.78, 5) is 1.46. The maximum atomic E-state index is 7.59. The van der Waals surface area contributed by atoms with E-state index in [0.717, 1.165) is 6.42 Å². The minimum Gasteiger partial charge on any atom is -0.300 e. The van der Waals surface area contributed by atoms with E-state index in [0.29, 0.717) is 12.5 Å². The summed E-state index contributed by atoms with van der Waals surface area (Å²) < 4.78 is 36.6. The van der Waals surface area contributed by atoms with Gasteiger partial charge in [0.1, 0.15) is 0 Å². The molecule has 0 aliphatic carbocycles. The fraction of sp³-hybridized carbons (Fsp3) is 1.00. The average molecular weight is 132 g/mol. The molecule has 1 heteroatoms. The molecule has 54 valence electrons. The van der Waals surface area contributed by atoms with Crippen LogP contribution in [0.1, 0.15) is 34.0 Å². The van der Waals surface area contributed by atoms with Crippen LogP contribution in [0.15, 0.2) is 0 Å². The van der Waals surface area contributed by atoms with Crippen molar-refractivity contribution in [2.24, 2.45) is 5.92 Å². The molecule has 1 aliphatic heterocycles. The summed E-state index contributed by atoms with van der Waals surface area (Å²) in [6, 6.07) is 0.0745. The van der Waals surface area contributed by atoms with Gasteiger partial charge >= 0.3 is 0 Å². The molecule has 0 saturated carbocycles. The van der Waals surface area contributed by atoms with Crippen LogP contribution in [0.2, 0.25) is 0 Å². The molecule has 0 aromatic rings. The molecule has 1 unspecified atom stereocenters. The quantitative estimate of drug-likeness (QED) is 0.553. The Hall–Kier alpha value is -0.0400. The fourth-order valence-electron chi connectivity index (χ4n) is 1.24. The number of rotatable bonds is 2. The molecule has 0 N–H and O–H groups in total. The first-order valence-corrected chi connectivity index (χ1v) is 3.44. The largest absolute Gasteiger partial charge is 0.300 e. The van der Waals surface area contributed by atoms with Crippen molar-refractivity contribution in [1.29, 1.82) is 0 Å². The van der Waals surface area contributed by atoms with Gasteiger partial charge in [-0.25, -0.2) is 0 Å². The van der Waals surface area contributed by atoms with Gasteiger partial charge in [0.25, 0.3) is 0 Å². The van der Waals surface area contributed by atoms with E-state index >= 15 is 0 Å². The summed E-state index contributed by atoms with van der Waals surface area (Å²) in [6.07, 6.45) is 0.896. The first kappa shape index (κ1) is 2.91. The van der Waals surface area contributed by atoms with Crippen molar-refractivity contribution < 1.29 is 6.85 Å². The van der Waals surface area contributed by atoms with Crippen molar-refractivity contribution in [2.75, 3.05) is 13.0 Å². The van der Waals surface area contributed by atoms with Gasteiger partial charge in [-0.3, -0.25) is 0 Å². The number of likely N-dealkylation sites (tertiary alicyclic amines) is 1. The van der Waals surface area contributed by atoms with Crippen molar-refractivity contribution in [3.63, 3.8) is 0 Å². The standard InChI is InChI=1S/C8H17N/c1-4-9-6-5-8(9)7(2)3/h7-8H,4-6H2,1-3H3/i1D3,4D2. The lowest BCUT2D eigenvalue weighted by Gasteiger charge is -2.42. The van der Waals surface area contributed by atoms with Crippen molar-refractivity contribution in [3.05, 3.63) is 0 Å². The number of hydrogen-bond acceptors (Lipinski definition) is 1. The molecular formula is C8H17N. The summed E-state index contributed by atoms with van der Waals surface area (Å²) in [5.41, 5.74) is 0. The predicted molar refractivity (Wildman–Crippen MR) is 40.5 cm³/mol. The maximum absolute atomic E-state index is 7.59. The summed E-state index contributed by atoms with van der Waals surface area (Å²) in [5.74, 6) is 0.307. The molecule has 1 atom stereocenters. The molecule has 0 bridgehead atoms. The molecule has 1 heterocycles. The first-order valence-electron chi connectivity index (χ1n) is 5.94. The van der Waals surface area contributed by atoms with Gasteiger partial charge in [0.15, 0.2) is 0 Å². The van der Waals surface area contributed by atoms with Gasteiger partial charge in [-0.05, 0) is 25.4 Å². The lowest BCUT2D eigenvalue weighted by atomic mass is 9.92. The van der Waals surface area contributed by atoms with E-state index in [9.17, 15) is 0 Å². The zero-order chi connectivity index (χ0) is 11.1. The Morgan fingerprint density at radius 1 is 1.89 bits per heavy atom. The van der Waals surface area contributed by atoms with Crippen molar-refractivity contribution in [3.8, 4) is 0 Å². The monoisotopic (exact) mass is 132 g/mol. The SMILES string of the molecule is [2H]C([2H])([2H])C([2H])([2H])N1CCC1C(C)C. The van der Waals surface area contributed by atoms with Crippen LogP contribution in [0.5, 0.6) is 0 Å². The van der Waals surface area contributed by atoms with E-state index < -0.39 is 13.3 Å². The number of nitrogens with zero attached hydrogens (tertiary/aromatic N) is 1. The summed E-state index contributed by atoms with van der Waals surface area (Å²) in [5, 5.41) is 0. The van der Waals surface area contributed by atoms with Crippen LogP contribution < -0.4 is 0 Å². The zero-order valence-electron chi connectivity index (χ0n) is 11.0. The molecule has 1 nitrogen and oxygen atoms in total. The van der Waals surface area contributed by atoms with Crippen LogP contribution in [-0.2, 0) is 0 Å². The van der Waals surface area contributed by atoms with Crippen LogP contribution >= 0.6 is 0 Å². The Morgan fingerprint density at radius 2 is 2.67 bits per heavy atom. The van der Waals surface area contributed by atoms with Crippen molar-refractivity contribution >= 4 is 0 Å². The second kappa shape index (κ2) is 2.70. The van der Waals surface area contributed by atoms with Gasteiger partial charge < -0.3 is 4.90 Å². The molecule has 0 aromatic carbocycles. The highest BCUT2D eigenvalue weighted by atomic mass is 15.2. The van der Waals surface area contributed by atoms with Gasteiger partial charge in [0.05, 0.1) is 0 Å².